The summed E-state index contributed by atoms with van der Waals surface area (Å²) in [5.41, 5.74) is 0. The first-order valence-corrected chi connectivity index (χ1v) is 10.6. The van der Waals surface area contributed by atoms with Crippen molar-refractivity contribution < 1.29 is 8.42 Å². The Morgan fingerprint density at radius 2 is 2.10 bits per heavy atom. The Balaban J connectivity index is 1.75. The van der Waals surface area contributed by atoms with Gasteiger partial charge in [0.05, 0.1) is 3.79 Å². The third-order valence-corrected chi connectivity index (χ3v) is 8.17. The molecule has 7 heteroatoms. The number of rotatable bonds is 8. The molecule has 0 bridgehead atoms. The first kappa shape index (κ1) is 15.9. The summed E-state index contributed by atoms with van der Waals surface area (Å²) in [5.74, 6) is 0.563. The van der Waals surface area contributed by atoms with Crippen LogP contribution in [0.3, 0.4) is 0 Å². The zero-order valence-corrected chi connectivity index (χ0v) is 15.4. The van der Waals surface area contributed by atoms with Crippen LogP contribution in [0.4, 0.5) is 0 Å². The Kier molecular flexibility index (Phi) is 4.76. The molecular formula is C14H21BrN2O2S2. The van der Waals surface area contributed by atoms with Crippen LogP contribution < -0.4 is 5.32 Å². The minimum absolute atomic E-state index is 0.433. The van der Waals surface area contributed by atoms with Crippen LogP contribution in [0.15, 0.2) is 14.7 Å². The van der Waals surface area contributed by atoms with Crippen molar-refractivity contribution in [2.75, 3.05) is 13.1 Å². The number of hydrogen-bond donors (Lipinski definition) is 1. The molecule has 0 amide bonds. The minimum atomic E-state index is -3.37. The van der Waals surface area contributed by atoms with Gasteiger partial charge in [0.25, 0.3) is 0 Å². The SMILES string of the molecule is CCN(CC1CC1)S(=O)(=O)c1cc(CNC2CC2)sc1Br. The predicted octanol–water partition coefficient (Wildman–Crippen LogP) is 3.18. The second-order valence-electron chi connectivity index (χ2n) is 5.90. The lowest BCUT2D eigenvalue weighted by atomic mass is 10.4. The van der Waals surface area contributed by atoms with Gasteiger partial charge in [0.1, 0.15) is 4.90 Å². The molecule has 3 rings (SSSR count). The van der Waals surface area contributed by atoms with E-state index in [1.165, 1.54) is 24.2 Å². The normalized spacial score (nSPS) is 19.4. The number of hydrogen-bond acceptors (Lipinski definition) is 4. The fourth-order valence-electron chi connectivity index (χ4n) is 2.32. The van der Waals surface area contributed by atoms with E-state index in [1.807, 2.05) is 13.0 Å². The Hall–Kier alpha value is 0.0500. The average molecular weight is 393 g/mol. The molecule has 21 heavy (non-hydrogen) atoms. The van der Waals surface area contributed by atoms with Crippen molar-refractivity contribution in [2.45, 2.75) is 50.1 Å². The standard InChI is InChI=1S/C14H21BrN2O2S2/c1-2-17(9-10-3-4-10)21(18,19)13-7-12(20-14(13)15)8-16-11-5-6-11/h7,10-11,16H,2-6,8-9H2,1H3. The lowest BCUT2D eigenvalue weighted by Gasteiger charge is -2.19. The molecule has 0 aromatic carbocycles. The first-order valence-electron chi connectivity index (χ1n) is 7.52. The van der Waals surface area contributed by atoms with Crippen LogP contribution >= 0.6 is 27.3 Å². The molecule has 1 N–H and O–H groups in total. The minimum Gasteiger partial charge on any atom is -0.309 e. The van der Waals surface area contributed by atoms with E-state index < -0.39 is 10.0 Å². The van der Waals surface area contributed by atoms with Crippen LogP contribution in [0, 0.1) is 5.92 Å². The molecule has 2 aliphatic carbocycles. The van der Waals surface area contributed by atoms with Gasteiger partial charge >= 0.3 is 0 Å². The number of nitrogens with one attached hydrogen (secondary N) is 1. The van der Waals surface area contributed by atoms with Gasteiger partial charge in [-0.25, -0.2) is 8.42 Å². The molecule has 0 unspecified atom stereocenters. The summed E-state index contributed by atoms with van der Waals surface area (Å²) in [7, 11) is -3.37. The molecule has 1 heterocycles. The molecule has 0 aliphatic heterocycles. The fourth-order valence-corrected chi connectivity index (χ4v) is 6.43. The largest absolute Gasteiger partial charge is 0.309 e. The summed E-state index contributed by atoms with van der Waals surface area (Å²) >= 11 is 4.96. The van der Waals surface area contributed by atoms with Gasteiger partial charge in [-0.15, -0.1) is 11.3 Å². The van der Waals surface area contributed by atoms with Crippen LogP contribution in [0.25, 0.3) is 0 Å². The maximum Gasteiger partial charge on any atom is 0.245 e. The Labute approximate surface area is 139 Å². The monoisotopic (exact) mass is 392 g/mol. The van der Waals surface area contributed by atoms with Crippen LogP contribution in [-0.2, 0) is 16.6 Å². The lowest BCUT2D eigenvalue weighted by Crippen LogP contribution is -2.32. The molecule has 2 aliphatic rings. The maximum absolute atomic E-state index is 12.8. The van der Waals surface area contributed by atoms with E-state index in [9.17, 15) is 8.42 Å². The summed E-state index contributed by atoms with van der Waals surface area (Å²) in [4.78, 5) is 1.51. The van der Waals surface area contributed by atoms with Crippen molar-refractivity contribution in [2.24, 2.45) is 5.92 Å². The number of halogens is 1. The van der Waals surface area contributed by atoms with Gasteiger partial charge in [0.15, 0.2) is 0 Å². The highest BCUT2D eigenvalue weighted by Crippen LogP contribution is 2.36. The Morgan fingerprint density at radius 1 is 1.38 bits per heavy atom. The van der Waals surface area contributed by atoms with Crippen LogP contribution in [0.1, 0.15) is 37.5 Å². The van der Waals surface area contributed by atoms with Gasteiger partial charge in [-0.05, 0) is 53.6 Å². The van der Waals surface area contributed by atoms with Gasteiger partial charge in [0, 0.05) is 30.6 Å². The van der Waals surface area contributed by atoms with Crippen molar-refractivity contribution >= 4 is 37.3 Å². The number of thiophene rings is 1. The molecular weight excluding hydrogens is 372 g/mol. The van der Waals surface area contributed by atoms with E-state index in [0.717, 1.165) is 28.0 Å². The second-order valence-corrected chi connectivity index (χ2v) is 10.3. The molecule has 0 spiro atoms. The molecule has 4 nitrogen and oxygen atoms in total. The van der Waals surface area contributed by atoms with Crippen molar-refractivity contribution in [3.05, 3.63) is 14.7 Å². The van der Waals surface area contributed by atoms with E-state index in [2.05, 4.69) is 21.2 Å². The average Bonchev–Trinajstić information content (AvgIpc) is 3.34. The number of sulfonamides is 1. The van der Waals surface area contributed by atoms with E-state index in [4.69, 9.17) is 0 Å². The van der Waals surface area contributed by atoms with E-state index >= 15 is 0 Å². The van der Waals surface area contributed by atoms with E-state index in [1.54, 1.807) is 4.31 Å². The summed E-state index contributed by atoms with van der Waals surface area (Å²) in [6, 6.07) is 2.46. The highest BCUT2D eigenvalue weighted by atomic mass is 79.9. The van der Waals surface area contributed by atoms with Crippen molar-refractivity contribution in [3.8, 4) is 0 Å². The maximum atomic E-state index is 12.8. The van der Waals surface area contributed by atoms with Crippen LogP contribution in [-0.4, -0.2) is 31.9 Å². The smallest absolute Gasteiger partial charge is 0.245 e. The molecule has 0 atom stereocenters. The Morgan fingerprint density at radius 3 is 2.67 bits per heavy atom. The summed E-state index contributed by atoms with van der Waals surface area (Å²) in [6.07, 6.45) is 4.80. The van der Waals surface area contributed by atoms with Crippen LogP contribution in [0.2, 0.25) is 0 Å². The third kappa shape index (κ3) is 3.88. The van der Waals surface area contributed by atoms with Gasteiger partial charge in [-0.2, -0.15) is 4.31 Å². The number of nitrogens with zero attached hydrogens (tertiary/aromatic N) is 1. The van der Waals surface area contributed by atoms with Gasteiger partial charge in [-0.3, -0.25) is 0 Å². The fraction of sp³-hybridized carbons (Fsp3) is 0.714. The lowest BCUT2D eigenvalue weighted by molar-refractivity contribution is 0.412. The van der Waals surface area contributed by atoms with Gasteiger partial charge in [-0.1, -0.05) is 6.92 Å². The third-order valence-electron chi connectivity index (χ3n) is 3.98. The van der Waals surface area contributed by atoms with E-state index in [-0.39, 0.29) is 0 Å². The molecule has 2 saturated carbocycles. The molecule has 118 valence electrons. The van der Waals surface area contributed by atoms with Crippen molar-refractivity contribution in [1.29, 1.82) is 0 Å². The first-order chi connectivity index (χ1) is 10.0. The molecule has 1 aromatic rings. The second kappa shape index (κ2) is 6.28. The van der Waals surface area contributed by atoms with Gasteiger partial charge in [0.2, 0.25) is 10.0 Å². The predicted molar refractivity (Wildman–Crippen MR) is 89.0 cm³/mol. The highest BCUT2D eigenvalue weighted by molar-refractivity contribution is 9.11. The molecule has 2 fully saturated rings. The molecule has 1 aromatic heterocycles. The Bertz CT molecular complexity index is 606. The zero-order valence-electron chi connectivity index (χ0n) is 12.1. The molecule has 0 radical (unpaired) electrons. The topological polar surface area (TPSA) is 49.4 Å². The summed E-state index contributed by atoms with van der Waals surface area (Å²) < 4.78 is 27.9. The zero-order chi connectivity index (χ0) is 15.0. The summed E-state index contributed by atoms with van der Waals surface area (Å²) in [5, 5.41) is 3.43. The van der Waals surface area contributed by atoms with E-state index in [0.29, 0.717) is 29.9 Å². The van der Waals surface area contributed by atoms with Gasteiger partial charge < -0.3 is 5.32 Å². The quantitative estimate of drug-likeness (QED) is 0.738. The van der Waals surface area contributed by atoms with Crippen molar-refractivity contribution in [1.82, 2.24) is 9.62 Å². The summed E-state index contributed by atoms with van der Waals surface area (Å²) in [6.45, 7) is 3.88. The van der Waals surface area contributed by atoms with Crippen LogP contribution in [0.5, 0.6) is 0 Å². The van der Waals surface area contributed by atoms with Crippen molar-refractivity contribution in [3.63, 3.8) is 0 Å². The molecule has 0 saturated heterocycles. The highest BCUT2D eigenvalue weighted by Gasteiger charge is 2.32.